The number of hydrogen-bond acceptors (Lipinski definition) is 1. The zero-order valence-electron chi connectivity index (χ0n) is 19.0. The van der Waals surface area contributed by atoms with Crippen LogP contribution in [0.5, 0.6) is 5.75 Å². The van der Waals surface area contributed by atoms with Crippen LogP contribution in [0.2, 0.25) is 0 Å². The van der Waals surface area contributed by atoms with E-state index < -0.39 is 11.6 Å². The average Bonchev–Trinajstić information content (AvgIpc) is 2.78. The Morgan fingerprint density at radius 3 is 2.30 bits per heavy atom. The lowest BCUT2D eigenvalue weighted by atomic mass is 9.70. The highest BCUT2D eigenvalue weighted by atomic mass is 19.2. The molecule has 3 heteroatoms. The van der Waals surface area contributed by atoms with Crippen LogP contribution in [0.3, 0.4) is 0 Å². The van der Waals surface area contributed by atoms with Gasteiger partial charge >= 0.3 is 0 Å². The zero-order valence-corrected chi connectivity index (χ0v) is 19.0. The van der Waals surface area contributed by atoms with Crippen molar-refractivity contribution in [2.24, 2.45) is 17.8 Å². The molecular formula is C27H40F2O. The fraction of sp³-hybridized carbons (Fsp3) is 0.704. The number of ether oxygens (including phenoxy) is 1. The fourth-order valence-corrected chi connectivity index (χ4v) is 5.39. The third kappa shape index (κ3) is 6.08. The van der Waals surface area contributed by atoms with Crippen molar-refractivity contribution in [3.63, 3.8) is 0 Å². The van der Waals surface area contributed by atoms with Crippen LogP contribution in [0.1, 0.15) is 103 Å². The van der Waals surface area contributed by atoms with Gasteiger partial charge in [0.1, 0.15) is 0 Å². The summed E-state index contributed by atoms with van der Waals surface area (Å²) < 4.78 is 34.7. The molecule has 1 nitrogen and oxygen atoms in total. The second-order valence-electron chi connectivity index (χ2n) is 9.48. The molecule has 1 aromatic rings. The predicted molar refractivity (Wildman–Crippen MR) is 122 cm³/mol. The summed E-state index contributed by atoms with van der Waals surface area (Å²) in [5.41, 5.74) is 1.40. The van der Waals surface area contributed by atoms with E-state index in [1.807, 2.05) is 0 Å². The Balaban J connectivity index is 1.54. The SMILES string of the molecule is CCCCCOc1ccc(C2=CCC(C3CCC(CCCC)CC3)CC2)c(F)c1F. The molecule has 0 aliphatic heterocycles. The predicted octanol–water partition coefficient (Wildman–Crippen LogP) is 8.71. The van der Waals surface area contributed by atoms with E-state index in [9.17, 15) is 8.78 Å². The summed E-state index contributed by atoms with van der Waals surface area (Å²) in [5, 5.41) is 0. The molecule has 1 fully saturated rings. The van der Waals surface area contributed by atoms with Gasteiger partial charge in [0.15, 0.2) is 11.6 Å². The van der Waals surface area contributed by atoms with E-state index in [0.29, 0.717) is 12.2 Å². The first-order valence-corrected chi connectivity index (χ1v) is 12.4. The van der Waals surface area contributed by atoms with Crippen molar-refractivity contribution in [2.45, 2.75) is 97.3 Å². The molecule has 0 heterocycles. The summed E-state index contributed by atoms with van der Waals surface area (Å²) in [6.45, 7) is 4.82. The van der Waals surface area contributed by atoms with Gasteiger partial charge in [-0.2, -0.15) is 4.39 Å². The topological polar surface area (TPSA) is 9.23 Å². The fourth-order valence-electron chi connectivity index (χ4n) is 5.39. The summed E-state index contributed by atoms with van der Waals surface area (Å²) in [4.78, 5) is 0. The number of rotatable bonds is 10. The first kappa shape index (κ1) is 23.3. The molecule has 1 atom stereocenters. The van der Waals surface area contributed by atoms with Crippen LogP contribution in [-0.4, -0.2) is 6.61 Å². The Hall–Kier alpha value is -1.38. The van der Waals surface area contributed by atoms with Crippen LogP contribution in [0.4, 0.5) is 8.78 Å². The number of allylic oxidation sites excluding steroid dienone is 2. The monoisotopic (exact) mass is 418 g/mol. The molecule has 30 heavy (non-hydrogen) atoms. The van der Waals surface area contributed by atoms with E-state index in [-0.39, 0.29) is 5.75 Å². The van der Waals surface area contributed by atoms with Crippen molar-refractivity contribution in [1.29, 1.82) is 0 Å². The highest BCUT2D eigenvalue weighted by Crippen LogP contribution is 2.42. The van der Waals surface area contributed by atoms with Gasteiger partial charge < -0.3 is 4.74 Å². The molecule has 0 bridgehead atoms. The second kappa shape index (κ2) is 11.9. The number of unbranched alkanes of at least 4 members (excludes halogenated alkanes) is 3. The van der Waals surface area contributed by atoms with E-state index in [2.05, 4.69) is 19.9 Å². The first-order valence-electron chi connectivity index (χ1n) is 12.4. The Labute approximate surface area is 182 Å². The molecule has 0 radical (unpaired) electrons. The molecule has 168 valence electrons. The quantitative estimate of drug-likeness (QED) is 0.345. The second-order valence-corrected chi connectivity index (χ2v) is 9.48. The average molecular weight is 419 g/mol. The van der Waals surface area contributed by atoms with Crippen LogP contribution in [0.25, 0.3) is 5.57 Å². The number of halogens is 2. The van der Waals surface area contributed by atoms with Crippen molar-refractivity contribution < 1.29 is 13.5 Å². The van der Waals surface area contributed by atoms with Crippen LogP contribution in [-0.2, 0) is 0 Å². The summed E-state index contributed by atoms with van der Waals surface area (Å²) in [6, 6.07) is 3.31. The standard InChI is InChI=1S/C27H40F2O/c1-3-5-7-19-30-25-18-17-24(26(28)27(25)29)23-15-13-22(14-16-23)21-11-9-20(10-12-21)8-6-4-2/h15,17-18,20-22H,3-14,16,19H2,1-2H3. The van der Waals surface area contributed by atoms with Crippen LogP contribution in [0, 0.1) is 29.4 Å². The lowest BCUT2D eigenvalue weighted by molar-refractivity contribution is 0.188. The molecule has 3 rings (SSSR count). The lowest BCUT2D eigenvalue weighted by Gasteiger charge is -2.35. The van der Waals surface area contributed by atoms with Gasteiger partial charge in [-0.3, -0.25) is 0 Å². The third-order valence-corrected chi connectivity index (χ3v) is 7.37. The molecule has 2 aliphatic carbocycles. The maximum Gasteiger partial charge on any atom is 0.201 e. The normalized spacial score (nSPS) is 24.5. The Morgan fingerprint density at radius 2 is 1.63 bits per heavy atom. The molecule has 0 spiro atoms. The smallest absolute Gasteiger partial charge is 0.201 e. The maximum atomic E-state index is 14.7. The van der Waals surface area contributed by atoms with Crippen molar-refractivity contribution in [3.05, 3.63) is 35.4 Å². The van der Waals surface area contributed by atoms with Crippen molar-refractivity contribution >= 4 is 5.57 Å². The number of benzene rings is 1. The van der Waals surface area contributed by atoms with Crippen LogP contribution < -0.4 is 4.74 Å². The molecule has 2 aliphatic rings. The van der Waals surface area contributed by atoms with Gasteiger partial charge in [-0.25, -0.2) is 4.39 Å². The molecule has 0 amide bonds. The largest absolute Gasteiger partial charge is 0.490 e. The van der Waals surface area contributed by atoms with Gasteiger partial charge in [0, 0.05) is 5.56 Å². The maximum absolute atomic E-state index is 14.7. The van der Waals surface area contributed by atoms with Gasteiger partial charge in [0.2, 0.25) is 5.82 Å². The van der Waals surface area contributed by atoms with E-state index in [1.54, 1.807) is 12.1 Å². The van der Waals surface area contributed by atoms with Crippen LogP contribution in [0.15, 0.2) is 18.2 Å². The molecular weight excluding hydrogens is 378 g/mol. The minimum absolute atomic E-state index is 0.0430. The van der Waals surface area contributed by atoms with E-state index >= 15 is 0 Å². The Bertz CT molecular complexity index is 688. The van der Waals surface area contributed by atoms with E-state index in [0.717, 1.165) is 61.9 Å². The molecule has 0 saturated heterocycles. The van der Waals surface area contributed by atoms with Crippen molar-refractivity contribution in [3.8, 4) is 5.75 Å². The molecule has 1 saturated carbocycles. The highest BCUT2D eigenvalue weighted by molar-refractivity contribution is 5.67. The Morgan fingerprint density at radius 1 is 0.867 bits per heavy atom. The van der Waals surface area contributed by atoms with E-state index in [4.69, 9.17) is 4.74 Å². The third-order valence-electron chi connectivity index (χ3n) is 7.37. The van der Waals surface area contributed by atoms with Gasteiger partial charge in [0.05, 0.1) is 6.61 Å². The first-order chi connectivity index (χ1) is 14.6. The zero-order chi connectivity index (χ0) is 21.3. The van der Waals surface area contributed by atoms with Crippen molar-refractivity contribution in [1.82, 2.24) is 0 Å². The summed E-state index contributed by atoms with van der Waals surface area (Å²) in [6.07, 6.45) is 17.7. The summed E-state index contributed by atoms with van der Waals surface area (Å²) in [5.74, 6) is 0.940. The van der Waals surface area contributed by atoms with Gasteiger partial charge in [-0.1, -0.05) is 64.9 Å². The van der Waals surface area contributed by atoms with Crippen molar-refractivity contribution in [2.75, 3.05) is 6.61 Å². The van der Waals surface area contributed by atoms with Gasteiger partial charge in [-0.15, -0.1) is 0 Å². The van der Waals surface area contributed by atoms with Gasteiger partial charge in [-0.05, 0) is 74.0 Å². The highest BCUT2D eigenvalue weighted by Gasteiger charge is 2.29. The lowest BCUT2D eigenvalue weighted by Crippen LogP contribution is -2.23. The summed E-state index contributed by atoms with van der Waals surface area (Å²) >= 11 is 0. The summed E-state index contributed by atoms with van der Waals surface area (Å²) in [7, 11) is 0. The van der Waals surface area contributed by atoms with Gasteiger partial charge in [0.25, 0.3) is 0 Å². The minimum Gasteiger partial charge on any atom is -0.490 e. The Kier molecular flexibility index (Phi) is 9.21. The molecule has 0 aromatic heterocycles. The van der Waals surface area contributed by atoms with E-state index in [1.165, 1.54) is 44.9 Å². The minimum atomic E-state index is -0.836. The van der Waals surface area contributed by atoms with Crippen LogP contribution >= 0.6 is 0 Å². The number of hydrogen-bond donors (Lipinski definition) is 0. The molecule has 0 N–H and O–H groups in total. The molecule has 1 aromatic carbocycles. The molecule has 1 unspecified atom stereocenters.